The summed E-state index contributed by atoms with van der Waals surface area (Å²) in [4.78, 5) is 24.8. The van der Waals surface area contributed by atoms with E-state index in [0.717, 1.165) is 38.5 Å². The number of aromatic nitrogens is 3. The Balaban J connectivity index is 1.44. The van der Waals surface area contributed by atoms with E-state index in [4.69, 9.17) is 10.5 Å². The molecule has 1 aromatic carbocycles. The van der Waals surface area contributed by atoms with Crippen molar-refractivity contribution < 1.29 is 13.9 Å². The van der Waals surface area contributed by atoms with Crippen LogP contribution in [-0.2, 0) is 0 Å². The van der Waals surface area contributed by atoms with Crippen molar-refractivity contribution in [2.75, 3.05) is 6.61 Å². The van der Waals surface area contributed by atoms with Gasteiger partial charge in [-0.25, -0.2) is 14.4 Å². The fourth-order valence-corrected chi connectivity index (χ4v) is 4.15. The van der Waals surface area contributed by atoms with Crippen LogP contribution in [0.4, 0.5) is 4.39 Å². The van der Waals surface area contributed by atoms with Gasteiger partial charge in [-0.1, -0.05) is 0 Å². The highest BCUT2D eigenvalue weighted by molar-refractivity contribution is 6.07. The highest BCUT2D eigenvalue weighted by Crippen LogP contribution is 2.36. The van der Waals surface area contributed by atoms with Crippen LogP contribution < -0.4 is 15.8 Å². The highest BCUT2D eigenvalue weighted by atomic mass is 19.1. The van der Waals surface area contributed by atoms with Crippen molar-refractivity contribution >= 4 is 16.9 Å². The van der Waals surface area contributed by atoms with Crippen LogP contribution in [-0.4, -0.2) is 39.5 Å². The fraction of sp³-hybridized carbons (Fsp3) is 0.435. The third-order valence-corrected chi connectivity index (χ3v) is 6.18. The number of amides is 1. The number of H-pyrrole nitrogens is 1. The molecule has 1 amide bonds. The van der Waals surface area contributed by atoms with E-state index in [1.807, 2.05) is 0 Å². The van der Waals surface area contributed by atoms with Gasteiger partial charge in [0.25, 0.3) is 5.91 Å². The van der Waals surface area contributed by atoms with Gasteiger partial charge in [-0.2, -0.15) is 0 Å². The predicted octanol–water partition coefficient (Wildman–Crippen LogP) is 3.55. The summed E-state index contributed by atoms with van der Waals surface area (Å²) in [5, 5.41) is 3.09. The predicted molar refractivity (Wildman–Crippen MR) is 115 cm³/mol. The molecule has 31 heavy (non-hydrogen) atoms. The maximum Gasteiger partial charge on any atom is 0.255 e. The molecule has 0 unspecified atom stereocenters. The minimum Gasteiger partial charge on any atom is -0.493 e. The minimum absolute atomic E-state index is 0.115. The molecular formula is C23H26FN5O2. The third-order valence-electron chi connectivity index (χ3n) is 6.18. The topological polar surface area (TPSA) is 106 Å². The lowest BCUT2D eigenvalue weighted by Crippen LogP contribution is -2.40. The number of carbonyl (C=O) groups is 1. The lowest BCUT2D eigenvalue weighted by molar-refractivity contribution is 0.0927. The zero-order valence-corrected chi connectivity index (χ0v) is 17.2. The summed E-state index contributed by atoms with van der Waals surface area (Å²) in [5.41, 5.74) is 8.56. The van der Waals surface area contributed by atoms with Crippen LogP contribution >= 0.6 is 0 Å². The number of nitrogens with zero attached hydrogens (tertiary/aromatic N) is 2. The van der Waals surface area contributed by atoms with Crippen LogP contribution in [0, 0.1) is 11.7 Å². The van der Waals surface area contributed by atoms with E-state index in [1.165, 1.54) is 18.5 Å². The second kappa shape index (κ2) is 8.26. The highest BCUT2D eigenvalue weighted by Gasteiger charge is 2.25. The van der Waals surface area contributed by atoms with E-state index in [0.29, 0.717) is 46.1 Å². The lowest BCUT2D eigenvalue weighted by atomic mass is 9.91. The average molecular weight is 423 g/mol. The number of hydrogen-bond donors (Lipinski definition) is 3. The first-order valence-corrected chi connectivity index (χ1v) is 10.9. The molecule has 4 N–H and O–H groups in total. The first-order valence-electron chi connectivity index (χ1n) is 10.9. The quantitative estimate of drug-likeness (QED) is 0.562. The largest absolute Gasteiger partial charge is 0.493 e. The van der Waals surface area contributed by atoms with Gasteiger partial charge >= 0.3 is 0 Å². The monoisotopic (exact) mass is 423 g/mol. The molecule has 8 heteroatoms. The summed E-state index contributed by atoms with van der Waals surface area (Å²) in [6.07, 6.45) is 8.94. The summed E-state index contributed by atoms with van der Waals surface area (Å²) in [6, 6.07) is 4.76. The van der Waals surface area contributed by atoms with E-state index in [9.17, 15) is 9.18 Å². The fourth-order valence-electron chi connectivity index (χ4n) is 4.15. The molecule has 2 aromatic heterocycles. The van der Waals surface area contributed by atoms with E-state index < -0.39 is 0 Å². The molecule has 0 saturated heterocycles. The van der Waals surface area contributed by atoms with Gasteiger partial charge in [-0.05, 0) is 62.6 Å². The van der Waals surface area contributed by atoms with Gasteiger partial charge in [-0.3, -0.25) is 4.79 Å². The molecule has 162 valence electrons. The minimum atomic E-state index is -0.374. The van der Waals surface area contributed by atoms with Crippen molar-refractivity contribution in [3.05, 3.63) is 42.1 Å². The Hall–Kier alpha value is -3.00. The number of nitrogens with two attached hydrogens (primary N) is 1. The van der Waals surface area contributed by atoms with Crippen molar-refractivity contribution in [3.63, 3.8) is 0 Å². The van der Waals surface area contributed by atoms with Gasteiger partial charge in [0.15, 0.2) is 0 Å². The molecule has 0 radical (unpaired) electrons. The molecule has 2 heterocycles. The van der Waals surface area contributed by atoms with Crippen molar-refractivity contribution in [3.8, 4) is 17.0 Å². The summed E-state index contributed by atoms with van der Waals surface area (Å²) in [5.74, 6) is 0.590. The van der Waals surface area contributed by atoms with Crippen LogP contribution in [0.15, 0.2) is 30.7 Å². The maximum atomic E-state index is 14.1. The SMILES string of the molecule is NC1CCC(NC(=O)c2c[nH]c3c(-c4cc(F)ccc4OCC4CC4)ncnc23)CC1. The van der Waals surface area contributed by atoms with E-state index in [1.54, 1.807) is 12.3 Å². The smallest absolute Gasteiger partial charge is 0.255 e. The zero-order chi connectivity index (χ0) is 21.4. The number of ether oxygens (including phenoxy) is 1. The van der Waals surface area contributed by atoms with Gasteiger partial charge in [0.1, 0.15) is 29.1 Å². The molecule has 7 nitrogen and oxygen atoms in total. The van der Waals surface area contributed by atoms with Gasteiger partial charge in [0.05, 0.1) is 17.7 Å². The van der Waals surface area contributed by atoms with Crippen molar-refractivity contribution in [1.29, 1.82) is 0 Å². The van der Waals surface area contributed by atoms with Crippen molar-refractivity contribution in [2.24, 2.45) is 11.7 Å². The Morgan fingerprint density at radius 1 is 1.19 bits per heavy atom. The molecule has 5 rings (SSSR count). The molecule has 2 saturated carbocycles. The molecule has 2 aliphatic carbocycles. The van der Waals surface area contributed by atoms with E-state index >= 15 is 0 Å². The van der Waals surface area contributed by atoms with Crippen LogP contribution in [0.25, 0.3) is 22.3 Å². The second-order valence-corrected chi connectivity index (χ2v) is 8.63. The number of rotatable bonds is 6. The third kappa shape index (κ3) is 4.25. The van der Waals surface area contributed by atoms with Crippen LogP contribution in [0.2, 0.25) is 0 Å². The number of carbonyl (C=O) groups excluding carboxylic acids is 1. The van der Waals surface area contributed by atoms with Crippen LogP contribution in [0.5, 0.6) is 5.75 Å². The Bertz CT molecular complexity index is 1100. The zero-order valence-electron chi connectivity index (χ0n) is 17.2. The normalized spacial score (nSPS) is 21.2. The average Bonchev–Trinajstić information content (AvgIpc) is 3.50. The van der Waals surface area contributed by atoms with Gasteiger partial charge in [0, 0.05) is 23.8 Å². The number of aromatic amines is 1. The Labute approximate surface area is 179 Å². The van der Waals surface area contributed by atoms with Crippen molar-refractivity contribution in [2.45, 2.75) is 50.6 Å². The summed E-state index contributed by atoms with van der Waals surface area (Å²) >= 11 is 0. The molecule has 2 aliphatic rings. The van der Waals surface area contributed by atoms with Gasteiger partial charge in [0.2, 0.25) is 0 Å². The molecule has 0 aliphatic heterocycles. The summed E-state index contributed by atoms with van der Waals surface area (Å²) < 4.78 is 20.0. The molecule has 2 fully saturated rings. The number of hydrogen-bond acceptors (Lipinski definition) is 5. The van der Waals surface area contributed by atoms with Crippen molar-refractivity contribution in [1.82, 2.24) is 20.3 Å². The van der Waals surface area contributed by atoms with Crippen LogP contribution in [0.3, 0.4) is 0 Å². The molecule has 3 aromatic rings. The van der Waals surface area contributed by atoms with Crippen LogP contribution in [0.1, 0.15) is 48.9 Å². The Morgan fingerprint density at radius 3 is 2.77 bits per heavy atom. The van der Waals surface area contributed by atoms with Gasteiger partial charge < -0.3 is 20.8 Å². The maximum absolute atomic E-state index is 14.1. The first-order chi connectivity index (χ1) is 15.1. The molecular weight excluding hydrogens is 397 g/mol. The number of halogens is 1. The van der Waals surface area contributed by atoms with E-state index in [-0.39, 0.29) is 23.8 Å². The molecule has 0 spiro atoms. The Morgan fingerprint density at radius 2 is 2.00 bits per heavy atom. The first kappa shape index (κ1) is 19.9. The summed E-state index contributed by atoms with van der Waals surface area (Å²) in [6.45, 7) is 0.607. The Kier molecular flexibility index (Phi) is 5.31. The molecule has 0 bridgehead atoms. The molecule has 0 atom stereocenters. The second-order valence-electron chi connectivity index (χ2n) is 8.63. The lowest BCUT2D eigenvalue weighted by Gasteiger charge is -2.26. The van der Waals surface area contributed by atoms with E-state index in [2.05, 4.69) is 20.3 Å². The number of fused-ring (bicyclic) bond motifs is 1. The number of nitrogens with one attached hydrogen (secondary N) is 2. The standard InChI is InChI=1S/C23H26FN5O2/c24-14-3-8-19(31-11-13-1-2-13)17(9-14)20-22-21(28-12-27-20)18(10-26-22)23(30)29-16-6-4-15(25)5-7-16/h3,8-10,12-13,15-16,26H,1-2,4-7,11,25H2,(H,29,30). The number of benzene rings is 1. The van der Waals surface area contributed by atoms with Gasteiger partial charge in [-0.15, -0.1) is 0 Å². The summed E-state index contributed by atoms with van der Waals surface area (Å²) in [7, 11) is 0.